The molecule has 1 aromatic carbocycles. The monoisotopic (exact) mass is 274 g/mol. The fourth-order valence-electron chi connectivity index (χ4n) is 1.86. The normalized spacial score (nSPS) is 11.6. The van der Waals surface area contributed by atoms with Gasteiger partial charge in [0, 0.05) is 12.3 Å². The van der Waals surface area contributed by atoms with Crippen LogP contribution in [0.4, 0.5) is 0 Å². The van der Waals surface area contributed by atoms with Crippen LogP contribution in [0.25, 0.3) is 21.3 Å². The van der Waals surface area contributed by atoms with Gasteiger partial charge < -0.3 is 9.84 Å². The third-order valence-electron chi connectivity index (χ3n) is 2.72. The Bertz CT molecular complexity index is 801. The van der Waals surface area contributed by atoms with Gasteiger partial charge in [-0.15, -0.1) is 0 Å². The molecule has 1 N–H and O–H groups in total. The number of nitrogens with zero attached hydrogens (tertiary/aromatic N) is 2. The van der Waals surface area contributed by atoms with Gasteiger partial charge in [0.15, 0.2) is 4.96 Å². The van der Waals surface area contributed by atoms with Crippen LogP contribution < -0.4 is 4.74 Å². The number of carboxylic acid groups (broad SMARTS) is 1. The number of imidazole rings is 1. The summed E-state index contributed by atoms with van der Waals surface area (Å²) in [5.74, 6) is -0.172. The zero-order valence-corrected chi connectivity index (χ0v) is 10.8. The van der Waals surface area contributed by atoms with E-state index in [4.69, 9.17) is 9.84 Å². The molecule has 5 nitrogen and oxygen atoms in total. The first-order valence-electron chi connectivity index (χ1n) is 5.54. The summed E-state index contributed by atoms with van der Waals surface area (Å²) in [4.78, 5) is 15.7. The SMILES string of the molecule is COc1ccc2c(c1)sc1nc(C=CC(=O)O)cn12. The molecule has 3 aromatic rings. The molecule has 0 aliphatic heterocycles. The van der Waals surface area contributed by atoms with E-state index in [1.54, 1.807) is 7.11 Å². The molecule has 96 valence electrons. The summed E-state index contributed by atoms with van der Waals surface area (Å²) in [5.41, 5.74) is 1.66. The third kappa shape index (κ3) is 2.06. The topological polar surface area (TPSA) is 63.8 Å². The van der Waals surface area contributed by atoms with Crippen LogP contribution in [0, 0.1) is 0 Å². The number of carbonyl (C=O) groups is 1. The number of aromatic nitrogens is 2. The first-order chi connectivity index (χ1) is 9.17. The second-order valence-electron chi connectivity index (χ2n) is 3.93. The third-order valence-corrected chi connectivity index (χ3v) is 3.73. The smallest absolute Gasteiger partial charge is 0.328 e. The van der Waals surface area contributed by atoms with Gasteiger partial charge in [0.25, 0.3) is 0 Å². The summed E-state index contributed by atoms with van der Waals surface area (Å²) in [6.07, 6.45) is 4.38. The van der Waals surface area contributed by atoms with E-state index < -0.39 is 5.97 Å². The lowest BCUT2D eigenvalue weighted by Gasteiger charge is -1.98. The van der Waals surface area contributed by atoms with Crippen LogP contribution in [0.3, 0.4) is 0 Å². The van der Waals surface area contributed by atoms with E-state index in [0.29, 0.717) is 5.69 Å². The lowest BCUT2D eigenvalue weighted by molar-refractivity contribution is -0.131. The summed E-state index contributed by atoms with van der Waals surface area (Å²) < 4.78 is 8.21. The number of hydrogen-bond acceptors (Lipinski definition) is 4. The molecule has 2 aromatic heterocycles. The molecule has 0 bridgehead atoms. The maximum atomic E-state index is 10.5. The number of rotatable bonds is 3. The highest BCUT2D eigenvalue weighted by atomic mass is 32.1. The number of ether oxygens (including phenoxy) is 1. The maximum Gasteiger partial charge on any atom is 0.328 e. The number of fused-ring (bicyclic) bond motifs is 3. The number of thiazole rings is 1. The van der Waals surface area contributed by atoms with Crippen molar-refractivity contribution in [2.24, 2.45) is 0 Å². The molecule has 19 heavy (non-hydrogen) atoms. The molecule has 0 fully saturated rings. The molecule has 0 atom stereocenters. The van der Waals surface area contributed by atoms with Crippen LogP contribution in [0.1, 0.15) is 5.69 Å². The molecule has 2 heterocycles. The number of benzene rings is 1. The lowest BCUT2D eigenvalue weighted by Crippen LogP contribution is -1.85. The summed E-state index contributed by atoms with van der Waals surface area (Å²) in [7, 11) is 1.63. The van der Waals surface area contributed by atoms with E-state index in [1.807, 2.05) is 28.8 Å². The van der Waals surface area contributed by atoms with Crippen LogP contribution >= 0.6 is 11.3 Å². The molecule has 0 aliphatic carbocycles. The van der Waals surface area contributed by atoms with Crippen molar-refractivity contribution in [1.29, 1.82) is 0 Å². The number of methoxy groups -OCH3 is 1. The fraction of sp³-hybridized carbons (Fsp3) is 0.0769. The Labute approximate surface area is 112 Å². The molecule has 0 saturated carbocycles. The standard InChI is InChI=1S/C13H10N2O3S/c1-18-9-3-4-10-11(6-9)19-13-14-8(7-15(10)13)2-5-12(16)17/h2-7H,1H3,(H,16,17). The van der Waals surface area contributed by atoms with Crippen molar-refractivity contribution in [3.63, 3.8) is 0 Å². The zero-order chi connectivity index (χ0) is 13.4. The van der Waals surface area contributed by atoms with Crippen molar-refractivity contribution in [3.8, 4) is 5.75 Å². The van der Waals surface area contributed by atoms with E-state index in [-0.39, 0.29) is 0 Å². The zero-order valence-electron chi connectivity index (χ0n) is 10.0. The first kappa shape index (κ1) is 11.7. The molecule has 0 amide bonds. The van der Waals surface area contributed by atoms with Gasteiger partial charge in [-0.1, -0.05) is 11.3 Å². The van der Waals surface area contributed by atoms with Crippen LogP contribution in [0.2, 0.25) is 0 Å². The van der Waals surface area contributed by atoms with Crippen molar-refractivity contribution in [2.45, 2.75) is 0 Å². The second-order valence-corrected chi connectivity index (χ2v) is 4.93. The van der Waals surface area contributed by atoms with Crippen LogP contribution in [0.15, 0.2) is 30.5 Å². The first-order valence-corrected chi connectivity index (χ1v) is 6.35. The summed E-state index contributed by atoms with van der Waals surface area (Å²) >= 11 is 1.54. The number of aliphatic carboxylic acids is 1. The lowest BCUT2D eigenvalue weighted by atomic mass is 10.3. The molecular weight excluding hydrogens is 264 g/mol. The van der Waals surface area contributed by atoms with E-state index in [1.165, 1.54) is 17.4 Å². The van der Waals surface area contributed by atoms with Gasteiger partial charge in [-0.25, -0.2) is 9.78 Å². The van der Waals surface area contributed by atoms with Gasteiger partial charge in [-0.05, 0) is 24.3 Å². The summed E-state index contributed by atoms with van der Waals surface area (Å²) in [6.45, 7) is 0. The fourth-order valence-corrected chi connectivity index (χ4v) is 2.91. The Morgan fingerprint density at radius 3 is 3.11 bits per heavy atom. The number of hydrogen-bond donors (Lipinski definition) is 1. The highest BCUT2D eigenvalue weighted by molar-refractivity contribution is 7.23. The van der Waals surface area contributed by atoms with Gasteiger partial charge >= 0.3 is 5.97 Å². The van der Waals surface area contributed by atoms with E-state index >= 15 is 0 Å². The minimum absolute atomic E-state index is 0.631. The molecule has 0 unspecified atom stereocenters. The molecule has 6 heteroatoms. The maximum absolute atomic E-state index is 10.5. The summed E-state index contributed by atoms with van der Waals surface area (Å²) in [6, 6.07) is 5.81. The van der Waals surface area contributed by atoms with Gasteiger partial charge in [-0.3, -0.25) is 4.40 Å². The van der Waals surface area contributed by atoms with Gasteiger partial charge in [-0.2, -0.15) is 0 Å². The van der Waals surface area contributed by atoms with Crippen molar-refractivity contribution >= 4 is 38.6 Å². The largest absolute Gasteiger partial charge is 0.497 e. The minimum Gasteiger partial charge on any atom is -0.497 e. The Balaban J connectivity index is 2.12. The average Bonchev–Trinajstić information content (AvgIpc) is 2.92. The van der Waals surface area contributed by atoms with Gasteiger partial charge in [0.05, 0.1) is 23.0 Å². The van der Waals surface area contributed by atoms with Crippen molar-refractivity contribution in [2.75, 3.05) is 7.11 Å². The van der Waals surface area contributed by atoms with Gasteiger partial charge in [0.1, 0.15) is 5.75 Å². The number of carboxylic acids is 1. The molecule has 0 saturated heterocycles. The Morgan fingerprint density at radius 2 is 2.37 bits per heavy atom. The van der Waals surface area contributed by atoms with E-state index in [9.17, 15) is 4.79 Å². The molecular formula is C13H10N2O3S. The predicted octanol–water partition coefficient (Wildman–Crippen LogP) is 2.66. The molecule has 0 aliphatic rings. The second kappa shape index (κ2) is 4.40. The Kier molecular flexibility index (Phi) is 2.72. The highest BCUT2D eigenvalue weighted by Gasteiger charge is 2.08. The van der Waals surface area contributed by atoms with E-state index in [0.717, 1.165) is 27.0 Å². The molecule has 0 radical (unpaired) electrons. The van der Waals surface area contributed by atoms with Crippen LogP contribution in [-0.4, -0.2) is 27.6 Å². The van der Waals surface area contributed by atoms with Crippen molar-refractivity contribution < 1.29 is 14.6 Å². The molecule has 0 spiro atoms. The minimum atomic E-state index is -0.981. The van der Waals surface area contributed by atoms with Crippen molar-refractivity contribution in [1.82, 2.24) is 9.38 Å². The highest BCUT2D eigenvalue weighted by Crippen LogP contribution is 2.29. The van der Waals surface area contributed by atoms with Crippen molar-refractivity contribution in [3.05, 3.63) is 36.2 Å². The van der Waals surface area contributed by atoms with E-state index in [2.05, 4.69) is 4.98 Å². The Morgan fingerprint density at radius 1 is 1.53 bits per heavy atom. The Hall–Kier alpha value is -2.34. The summed E-state index contributed by atoms with van der Waals surface area (Å²) in [5, 5.41) is 8.60. The average molecular weight is 274 g/mol. The quantitative estimate of drug-likeness (QED) is 0.746. The van der Waals surface area contributed by atoms with Crippen LogP contribution in [0.5, 0.6) is 5.75 Å². The van der Waals surface area contributed by atoms with Crippen LogP contribution in [-0.2, 0) is 4.79 Å². The predicted molar refractivity (Wildman–Crippen MR) is 73.8 cm³/mol. The van der Waals surface area contributed by atoms with Gasteiger partial charge in [0.2, 0.25) is 0 Å². The molecule has 3 rings (SSSR count).